The van der Waals surface area contributed by atoms with E-state index in [1.54, 1.807) is 11.1 Å². The van der Waals surface area contributed by atoms with Gasteiger partial charge in [-0.2, -0.15) is 0 Å². The maximum Gasteiger partial charge on any atom is -0.0320 e. The maximum atomic E-state index is 2.39. The van der Waals surface area contributed by atoms with Crippen LogP contribution in [0.5, 0.6) is 0 Å². The number of allylic oxidation sites excluding steroid dienone is 2. The van der Waals surface area contributed by atoms with E-state index in [0.29, 0.717) is 0 Å². The molecule has 0 nitrogen and oxygen atoms in total. The van der Waals surface area contributed by atoms with Crippen LogP contribution in [-0.4, -0.2) is 0 Å². The Kier molecular flexibility index (Phi) is 22.8. The second-order valence-corrected chi connectivity index (χ2v) is 9.42. The Hall–Kier alpha value is -0.260. The first-order valence-electron chi connectivity index (χ1n) is 13.4. The van der Waals surface area contributed by atoms with Crippen molar-refractivity contribution in [2.75, 3.05) is 0 Å². The van der Waals surface area contributed by atoms with E-state index < -0.39 is 0 Å². The largest absolute Gasteiger partial charge is 0.0744 e. The molecule has 0 heteroatoms. The van der Waals surface area contributed by atoms with E-state index in [2.05, 4.69) is 27.7 Å². The Balaban J connectivity index is 3.41. The van der Waals surface area contributed by atoms with Crippen molar-refractivity contribution in [3.8, 4) is 0 Å². The minimum atomic E-state index is 1.35. The zero-order valence-electron chi connectivity index (χ0n) is 20.6. The van der Waals surface area contributed by atoms with E-state index in [1.807, 2.05) is 0 Å². The molecule has 0 aromatic rings. The van der Waals surface area contributed by atoms with Crippen LogP contribution in [0.1, 0.15) is 169 Å². The van der Waals surface area contributed by atoms with Gasteiger partial charge in [-0.25, -0.2) is 0 Å². The van der Waals surface area contributed by atoms with Crippen molar-refractivity contribution in [2.24, 2.45) is 0 Å². The Labute approximate surface area is 180 Å². The second kappa shape index (κ2) is 23.0. The summed E-state index contributed by atoms with van der Waals surface area (Å²) in [6.07, 6.45) is 31.6. The van der Waals surface area contributed by atoms with Crippen LogP contribution in [0.25, 0.3) is 0 Å². The summed E-state index contributed by atoms with van der Waals surface area (Å²) >= 11 is 0. The molecule has 0 fully saturated rings. The first-order valence-corrected chi connectivity index (χ1v) is 13.4. The molecule has 0 saturated heterocycles. The lowest BCUT2D eigenvalue weighted by molar-refractivity contribution is 0.552. The molecule has 0 bridgehead atoms. The van der Waals surface area contributed by atoms with Gasteiger partial charge in [-0.1, -0.05) is 141 Å². The topological polar surface area (TPSA) is 0 Å². The molecule has 28 heavy (non-hydrogen) atoms. The van der Waals surface area contributed by atoms with Gasteiger partial charge < -0.3 is 0 Å². The Bertz CT molecular complexity index is 293. The highest BCUT2D eigenvalue weighted by Gasteiger charge is 1.99. The molecule has 0 rings (SSSR count). The lowest BCUT2D eigenvalue weighted by Gasteiger charge is -2.08. The first kappa shape index (κ1) is 27.7. The minimum Gasteiger partial charge on any atom is -0.0744 e. The van der Waals surface area contributed by atoms with Crippen LogP contribution < -0.4 is 0 Å². The lowest BCUT2D eigenvalue weighted by Crippen LogP contribution is -1.88. The predicted octanol–water partition coefficient (Wildman–Crippen LogP) is 10.9. The summed E-state index contributed by atoms with van der Waals surface area (Å²) in [5.74, 6) is 0. The van der Waals surface area contributed by atoms with E-state index >= 15 is 0 Å². The standard InChI is InChI=1S/C28H56/c1-5-7-9-11-13-15-17-19-21-23-25-27(3)28(4)26-24-22-20-18-16-14-12-10-8-6-2/h5-26H2,1-4H3/b28-27-. The quantitative estimate of drug-likeness (QED) is 0.127. The average Bonchev–Trinajstić information content (AvgIpc) is 2.70. The van der Waals surface area contributed by atoms with Crippen molar-refractivity contribution in [3.05, 3.63) is 11.1 Å². The summed E-state index contributed by atoms with van der Waals surface area (Å²) in [5, 5.41) is 0. The van der Waals surface area contributed by atoms with E-state index in [0.717, 1.165) is 0 Å². The third-order valence-electron chi connectivity index (χ3n) is 6.54. The Morgan fingerprint density at radius 3 is 0.786 bits per heavy atom. The third-order valence-corrected chi connectivity index (χ3v) is 6.54. The highest BCUT2D eigenvalue weighted by Crippen LogP contribution is 2.20. The van der Waals surface area contributed by atoms with Gasteiger partial charge in [-0.05, 0) is 39.5 Å². The lowest BCUT2D eigenvalue weighted by atomic mass is 9.98. The molecule has 0 atom stereocenters. The van der Waals surface area contributed by atoms with Crippen molar-refractivity contribution >= 4 is 0 Å². The zero-order chi connectivity index (χ0) is 20.7. The summed E-state index contributed by atoms with van der Waals surface area (Å²) < 4.78 is 0. The summed E-state index contributed by atoms with van der Waals surface area (Å²) in [6.45, 7) is 9.38. The Morgan fingerprint density at radius 1 is 0.321 bits per heavy atom. The van der Waals surface area contributed by atoms with Gasteiger partial charge in [0.25, 0.3) is 0 Å². The minimum absolute atomic E-state index is 1.35. The van der Waals surface area contributed by atoms with Gasteiger partial charge in [-0.3, -0.25) is 0 Å². The summed E-state index contributed by atoms with van der Waals surface area (Å²) in [5.41, 5.74) is 3.38. The SMILES string of the molecule is CCCCCCCCCCCC/C(C)=C(/C)CCCCCCCCCCCC. The maximum absolute atomic E-state index is 2.39. The first-order chi connectivity index (χ1) is 13.7. The number of hydrogen-bond donors (Lipinski definition) is 0. The molecule has 0 N–H and O–H groups in total. The van der Waals surface area contributed by atoms with Gasteiger partial charge in [0.15, 0.2) is 0 Å². The fourth-order valence-corrected chi connectivity index (χ4v) is 4.18. The Morgan fingerprint density at radius 2 is 0.536 bits per heavy atom. The van der Waals surface area contributed by atoms with Crippen LogP contribution in [0.15, 0.2) is 11.1 Å². The van der Waals surface area contributed by atoms with Crippen molar-refractivity contribution < 1.29 is 0 Å². The van der Waals surface area contributed by atoms with Gasteiger partial charge >= 0.3 is 0 Å². The van der Waals surface area contributed by atoms with Crippen LogP contribution in [-0.2, 0) is 0 Å². The molecule has 0 amide bonds. The normalized spacial score (nSPS) is 12.4. The van der Waals surface area contributed by atoms with E-state index in [-0.39, 0.29) is 0 Å². The molecule has 0 unspecified atom stereocenters. The molecule has 0 aliphatic carbocycles. The summed E-state index contributed by atoms with van der Waals surface area (Å²) in [6, 6.07) is 0. The molecular formula is C28H56. The molecular weight excluding hydrogens is 336 g/mol. The van der Waals surface area contributed by atoms with E-state index in [1.165, 1.54) is 141 Å². The number of rotatable bonds is 22. The molecule has 0 saturated carbocycles. The van der Waals surface area contributed by atoms with E-state index in [4.69, 9.17) is 0 Å². The molecule has 168 valence electrons. The molecule has 0 aromatic heterocycles. The van der Waals surface area contributed by atoms with Crippen LogP contribution in [0.2, 0.25) is 0 Å². The fourth-order valence-electron chi connectivity index (χ4n) is 4.18. The third kappa shape index (κ3) is 20.5. The van der Waals surface area contributed by atoms with Gasteiger partial charge in [-0.15, -0.1) is 0 Å². The average molecular weight is 393 g/mol. The predicted molar refractivity (Wildman–Crippen MR) is 131 cm³/mol. The van der Waals surface area contributed by atoms with Crippen LogP contribution >= 0.6 is 0 Å². The molecule has 0 heterocycles. The van der Waals surface area contributed by atoms with Gasteiger partial charge in [0, 0.05) is 0 Å². The zero-order valence-corrected chi connectivity index (χ0v) is 20.6. The summed E-state index contributed by atoms with van der Waals surface area (Å²) in [4.78, 5) is 0. The fraction of sp³-hybridized carbons (Fsp3) is 0.929. The molecule has 0 aliphatic heterocycles. The van der Waals surface area contributed by atoms with Crippen molar-refractivity contribution in [2.45, 2.75) is 169 Å². The van der Waals surface area contributed by atoms with Gasteiger partial charge in [0.1, 0.15) is 0 Å². The number of unbranched alkanes of at least 4 members (excludes halogenated alkanes) is 18. The van der Waals surface area contributed by atoms with E-state index in [9.17, 15) is 0 Å². The van der Waals surface area contributed by atoms with Crippen molar-refractivity contribution in [1.82, 2.24) is 0 Å². The van der Waals surface area contributed by atoms with Crippen LogP contribution in [0.4, 0.5) is 0 Å². The second-order valence-electron chi connectivity index (χ2n) is 9.42. The molecule has 0 aliphatic rings. The van der Waals surface area contributed by atoms with Crippen molar-refractivity contribution in [1.29, 1.82) is 0 Å². The van der Waals surface area contributed by atoms with Crippen LogP contribution in [0, 0.1) is 0 Å². The van der Waals surface area contributed by atoms with Gasteiger partial charge in [0.05, 0.1) is 0 Å². The molecule has 0 spiro atoms. The molecule has 0 aromatic carbocycles. The molecule has 0 radical (unpaired) electrons. The van der Waals surface area contributed by atoms with Gasteiger partial charge in [0.2, 0.25) is 0 Å². The van der Waals surface area contributed by atoms with Crippen molar-refractivity contribution in [3.63, 3.8) is 0 Å². The number of hydrogen-bond acceptors (Lipinski definition) is 0. The monoisotopic (exact) mass is 392 g/mol. The smallest absolute Gasteiger partial charge is 0.0320 e. The summed E-state index contributed by atoms with van der Waals surface area (Å²) in [7, 11) is 0. The highest BCUT2D eigenvalue weighted by atomic mass is 14.1. The highest BCUT2D eigenvalue weighted by molar-refractivity contribution is 5.09. The van der Waals surface area contributed by atoms with Crippen LogP contribution in [0.3, 0.4) is 0 Å².